The van der Waals surface area contributed by atoms with Crippen molar-refractivity contribution in [3.8, 4) is 0 Å². The first kappa shape index (κ1) is 23.9. The van der Waals surface area contributed by atoms with Crippen LogP contribution in [0.5, 0.6) is 0 Å². The van der Waals surface area contributed by atoms with Crippen LogP contribution < -0.4 is 5.32 Å². The third kappa shape index (κ3) is 5.80. The SMILES string of the molecule is Cc1ccc(C(=O)N2CCN(CC(=O)N3CCC(C(=O)Nc4ccccc4)CC3)CC2)cc1F. The topological polar surface area (TPSA) is 73.0 Å². The van der Waals surface area contributed by atoms with Crippen LogP contribution in [-0.2, 0) is 9.59 Å². The lowest BCUT2D eigenvalue weighted by molar-refractivity contribution is -0.135. The fourth-order valence-corrected chi connectivity index (χ4v) is 4.47. The zero-order valence-corrected chi connectivity index (χ0v) is 19.5. The molecule has 2 aromatic rings. The van der Waals surface area contributed by atoms with Crippen LogP contribution in [0.3, 0.4) is 0 Å². The Kier molecular flexibility index (Phi) is 7.57. The molecule has 34 heavy (non-hydrogen) atoms. The first-order chi connectivity index (χ1) is 16.4. The Morgan fingerprint density at radius 2 is 1.59 bits per heavy atom. The number of piperidine rings is 1. The molecule has 2 aliphatic rings. The van der Waals surface area contributed by atoms with Crippen molar-refractivity contribution in [1.29, 1.82) is 0 Å². The number of carbonyl (C=O) groups is 3. The number of halogens is 1. The normalized spacial score (nSPS) is 17.5. The number of piperazine rings is 1. The number of anilines is 1. The number of carbonyl (C=O) groups excluding carboxylic acids is 3. The molecule has 180 valence electrons. The predicted molar refractivity (Wildman–Crippen MR) is 128 cm³/mol. The number of hydrogen-bond donors (Lipinski definition) is 1. The van der Waals surface area contributed by atoms with Crippen LogP contribution in [0, 0.1) is 18.7 Å². The molecule has 0 bridgehead atoms. The highest BCUT2D eigenvalue weighted by Gasteiger charge is 2.29. The van der Waals surface area contributed by atoms with Crippen molar-refractivity contribution >= 4 is 23.4 Å². The number of hydrogen-bond acceptors (Lipinski definition) is 4. The average Bonchev–Trinajstić information content (AvgIpc) is 2.86. The Labute approximate surface area is 199 Å². The summed E-state index contributed by atoms with van der Waals surface area (Å²) in [7, 11) is 0. The van der Waals surface area contributed by atoms with Gasteiger partial charge in [-0.1, -0.05) is 24.3 Å². The molecule has 2 fully saturated rings. The molecule has 2 aromatic carbocycles. The average molecular weight is 467 g/mol. The Balaban J connectivity index is 1.20. The number of benzene rings is 2. The summed E-state index contributed by atoms with van der Waals surface area (Å²) in [4.78, 5) is 43.6. The highest BCUT2D eigenvalue weighted by atomic mass is 19.1. The van der Waals surface area contributed by atoms with E-state index >= 15 is 0 Å². The molecule has 0 atom stereocenters. The Hall–Kier alpha value is -3.26. The minimum Gasteiger partial charge on any atom is -0.342 e. The highest BCUT2D eigenvalue weighted by molar-refractivity contribution is 5.94. The lowest BCUT2D eigenvalue weighted by Crippen LogP contribution is -2.52. The van der Waals surface area contributed by atoms with Crippen molar-refractivity contribution in [3.05, 3.63) is 65.5 Å². The zero-order valence-electron chi connectivity index (χ0n) is 19.5. The van der Waals surface area contributed by atoms with Crippen LogP contribution in [0.2, 0.25) is 0 Å². The van der Waals surface area contributed by atoms with Crippen molar-refractivity contribution in [1.82, 2.24) is 14.7 Å². The first-order valence-electron chi connectivity index (χ1n) is 11.8. The molecule has 0 aromatic heterocycles. The van der Waals surface area contributed by atoms with E-state index in [-0.39, 0.29) is 29.5 Å². The quantitative estimate of drug-likeness (QED) is 0.736. The second kappa shape index (κ2) is 10.8. The highest BCUT2D eigenvalue weighted by Crippen LogP contribution is 2.20. The molecule has 0 spiro atoms. The molecule has 0 saturated carbocycles. The van der Waals surface area contributed by atoms with Gasteiger partial charge < -0.3 is 15.1 Å². The standard InChI is InChI=1S/C26H31FN4O3/c1-19-7-8-21(17-23(19)27)26(34)31-15-13-29(14-16-31)18-24(32)30-11-9-20(10-12-30)25(33)28-22-5-3-2-4-6-22/h2-8,17,20H,9-16,18H2,1H3,(H,28,33). The fraction of sp³-hybridized carbons (Fsp3) is 0.423. The Morgan fingerprint density at radius 3 is 2.24 bits per heavy atom. The largest absolute Gasteiger partial charge is 0.342 e. The number of nitrogens with zero attached hydrogens (tertiary/aromatic N) is 3. The summed E-state index contributed by atoms with van der Waals surface area (Å²) >= 11 is 0. The molecular weight excluding hydrogens is 435 g/mol. The molecule has 0 aliphatic carbocycles. The van der Waals surface area contributed by atoms with Crippen LogP contribution in [-0.4, -0.2) is 78.2 Å². The van der Waals surface area contributed by atoms with Gasteiger partial charge in [0.25, 0.3) is 5.91 Å². The van der Waals surface area contributed by atoms with Crippen LogP contribution >= 0.6 is 0 Å². The maximum absolute atomic E-state index is 13.8. The van der Waals surface area contributed by atoms with E-state index in [4.69, 9.17) is 0 Å². The monoisotopic (exact) mass is 466 g/mol. The maximum Gasteiger partial charge on any atom is 0.254 e. The molecule has 2 heterocycles. The van der Waals surface area contributed by atoms with Gasteiger partial charge in [-0.05, 0) is 49.6 Å². The van der Waals surface area contributed by atoms with Gasteiger partial charge in [-0.2, -0.15) is 0 Å². The summed E-state index contributed by atoms with van der Waals surface area (Å²) in [5.74, 6) is -0.586. The number of likely N-dealkylation sites (tertiary alicyclic amines) is 1. The summed E-state index contributed by atoms with van der Waals surface area (Å²) < 4.78 is 13.8. The van der Waals surface area contributed by atoms with Crippen LogP contribution in [0.25, 0.3) is 0 Å². The molecule has 1 N–H and O–H groups in total. The van der Waals surface area contributed by atoms with E-state index in [1.165, 1.54) is 6.07 Å². The van der Waals surface area contributed by atoms with Crippen molar-refractivity contribution in [2.45, 2.75) is 19.8 Å². The Morgan fingerprint density at radius 1 is 0.912 bits per heavy atom. The summed E-state index contributed by atoms with van der Waals surface area (Å²) in [6.07, 6.45) is 1.31. The van der Waals surface area contributed by atoms with E-state index < -0.39 is 0 Å². The predicted octanol–water partition coefficient (Wildman–Crippen LogP) is 2.77. The van der Waals surface area contributed by atoms with Gasteiger partial charge in [-0.25, -0.2) is 4.39 Å². The van der Waals surface area contributed by atoms with E-state index in [1.54, 1.807) is 24.0 Å². The Bertz CT molecular complexity index is 1030. The van der Waals surface area contributed by atoms with E-state index in [0.717, 1.165) is 5.69 Å². The fourth-order valence-electron chi connectivity index (χ4n) is 4.47. The first-order valence-corrected chi connectivity index (χ1v) is 11.8. The van der Waals surface area contributed by atoms with Crippen molar-refractivity contribution < 1.29 is 18.8 Å². The second-order valence-corrected chi connectivity index (χ2v) is 9.04. The molecule has 2 aliphatic heterocycles. The second-order valence-electron chi connectivity index (χ2n) is 9.04. The van der Waals surface area contributed by atoms with Gasteiger partial charge in [-0.3, -0.25) is 19.3 Å². The van der Waals surface area contributed by atoms with Gasteiger partial charge in [0.05, 0.1) is 6.54 Å². The summed E-state index contributed by atoms with van der Waals surface area (Å²) in [5.41, 5.74) is 1.66. The van der Waals surface area contributed by atoms with Crippen LogP contribution in [0.1, 0.15) is 28.8 Å². The minimum atomic E-state index is -0.378. The molecule has 2 saturated heterocycles. The molecule has 3 amide bonds. The van der Waals surface area contributed by atoms with E-state index in [0.29, 0.717) is 69.8 Å². The minimum absolute atomic E-state index is 0.00699. The van der Waals surface area contributed by atoms with Crippen LogP contribution in [0.4, 0.5) is 10.1 Å². The maximum atomic E-state index is 13.8. The molecule has 8 heteroatoms. The van der Waals surface area contributed by atoms with E-state index in [2.05, 4.69) is 10.2 Å². The molecule has 0 unspecified atom stereocenters. The molecule has 7 nitrogen and oxygen atoms in total. The van der Waals surface area contributed by atoms with Crippen molar-refractivity contribution in [3.63, 3.8) is 0 Å². The van der Waals surface area contributed by atoms with Crippen LogP contribution in [0.15, 0.2) is 48.5 Å². The number of rotatable bonds is 5. The van der Waals surface area contributed by atoms with Gasteiger partial charge >= 0.3 is 0 Å². The smallest absolute Gasteiger partial charge is 0.254 e. The third-order valence-corrected chi connectivity index (χ3v) is 6.70. The summed E-state index contributed by atoms with van der Waals surface area (Å²) in [6, 6.07) is 14.0. The van der Waals surface area contributed by atoms with E-state index in [9.17, 15) is 18.8 Å². The lowest BCUT2D eigenvalue weighted by Gasteiger charge is -2.37. The summed E-state index contributed by atoms with van der Waals surface area (Å²) in [5, 5.41) is 2.95. The number of amides is 3. The molecule has 4 rings (SSSR count). The molecule has 0 radical (unpaired) electrons. The van der Waals surface area contributed by atoms with Gasteiger partial charge in [0.15, 0.2) is 0 Å². The van der Waals surface area contributed by atoms with Crippen molar-refractivity contribution in [2.75, 3.05) is 51.1 Å². The zero-order chi connectivity index (χ0) is 24.1. The van der Waals surface area contributed by atoms with E-state index in [1.807, 2.05) is 35.2 Å². The van der Waals surface area contributed by atoms with Gasteiger partial charge in [-0.15, -0.1) is 0 Å². The lowest BCUT2D eigenvalue weighted by atomic mass is 9.95. The number of aryl methyl sites for hydroxylation is 1. The van der Waals surface area contributed by atoms with Gasteiger partial charge in [0.1, 0.15) is 5.82 Å². The van der Waals surface area contributed by atoms with Crippen molar-refractivity contribution in [2.24, 2.45) is 5.92 Å². The molecular formula is C26H31FN4O3. The van der Waals surface area contributed by atoms with Gasteiger partial charge in [0, 0.05) is 56.4 Å². The third-order valence-electron chi connectivity index (χ3n) is 6.70. The number of para-hydroxylation sites is 1. The van der Waals surface area contributed by atoms with Gasteiger partial charge in [0.2, 0.25) is 11.8 Å². The summed E-state index contributed by atoms with van der Waals surface area (Å²) in [6.45, 7) is 5.33. The number of nitrogens with one attached hydrogen (secondary N) is 1.